The van der Waals surface area contributed by atoms with Gasteiger partial charge in [-0.15, -0.1) is 0 Å². The van der Waals surface area contributed by atoms with Crippen molar-refractivity contribution in [2.45, 2.75) is 45.3 Å². The van der Waals surface area contributed by atoms with E-state index in [1.165, 1.54) is 49.0 Å². The molecular formula is C25H34N4O. The van der Waals surface area contributed by atoms with Crippen LogP contribution in [0, 0.1) is 0 Å². The summed E-state index contributed by atoms with van der Waals surface area (Å²) < 4.78 is 7.54. The minimum absolute atomic E-state index is 0.771. The van der Waals surface area contributed by atoms with E-state index < -0.39 is 0 Å². The molecule has 160 valence electrons. The summed E-state index contributed by atoms with van der Waals surface area (Å²) in [5.74, 6) is 1.10. The van der Waals surface area contributed by atoms with Crippen LogP contribution in [-0.4, -0.2) is 47.8 Å². The Kier molecular flexibility index (Phi) is 7.51. The van der Waals surface area contributed by atoms with Crippen molar-refractivity contribution in [2.75, 3.05) is 33.4 Å². The molecule has 30 heavy (non-hydrogen) atoms. The van der Waals surface area contributed by atoms with E-state index in [9.17, 15) is 0 Å². The molecule has 1 saturated heterocycles. The van der Waals surface area contributed by atoms with Crippen molar-refractivity contribution < 1.29 is 4.74 Å². The molecule has 2 heterocycles. The maximum absolute atomic E-state index is 5.16. The SMILES string of the molecule is COCCCNCc1nc2ccccc2n1Cc1ccccc1CN1CCCCC1. The summed E-state index contributed by atoms with van der Waals surface area (Å²) in [4.78, 5) is 7.53. The van der Waals surface area contributed by atoms with Gasteiger partial charge in [0.1, 0.15) is 5.82 Å². The molecule has 5 nitrogen and oxygen atoms in total. The molecule has 5 heteroatoms. The van der Waals surface area contributed by atoms with E-state index in [1.54, 1.807) is 7.11 Å². The van der Waals surface area contributed by atoms with Crippen molar-refractivity contribution in [2.24, 2.45) is 0 Å². The number of ether oxygens (including phenoxy) is 1. The lowest BCUT2D eigenvalue weighted by Gasteiger charge is -2.27. The largest absolute Gasteiger partial charge is 0.385 e. The van der Waals surface area contributed by atoms with Crippen molar-refractivity contribution in [1.29, 1.82) is 0 Å². The molecule has 1 aromatic heterocycles. The number of aromatic nitrogens is 2. The van der Waals surface area contributed by atoms with Gasteiger partial charge >= 0.3 is 0 Å². The van der Waals surface area contributed by atoms with Crippen molar-refractivity contribution >= 4 is 11.0 Å². The molecule has 0 radical (unpaired) electrons. The number of hydrogen-bond donors (Lipinski definition) is 1. The summed E-state index contributed by atoms with van der Waals surface area (Å²) in [7, 11) is 1.75. The number of nitrogens with one attached hydrogen (secondary N) is 1. The molecule has 0 spiro atoms. The quantitative estimate of drug-likeness (QED) is 0.513. The minimum atomic E-state index is 0.771. The molecule has 1 fully saturated rings. The summed E-state index contributed by atoms with van der Waals surface area (Å²) in [6, 6.07) is 17.4. The number of benzene rings is 2. The molecule has 0 aliphatic carbocycles. The van der Waals surface area contributed by atoms with Gasteiger partial charge in [0.05, 0.1) is 17.6 Å². The Morgan fingerprint density at radius 2 is 1.67 bits per heavy atom. The third kappa shape index (κ3) is 5.28. The van der Waals surface area contributed by atoms with Gasteiger partial charge in [-0.1, -0.05) is 42.8 Å². The van der Waals surface area contributed by atoms with Gasteiger partial charge in [0.2, 0.25) is 0 Å². The molecule has 0 saturated carbocycles. The van der Waals surface area contributed by atoms with Gasteiger partial charge in [-0.2, -0.15) is 0 Å². The Morgan fingerprint density at radius 1 is 0.933 bits per heavy atom. The zero-order valence-electron chi connectivity index (χ0n) is 18.1. The van der Waals surface area contributed by atoms with E-state index in [2.05, 4.69) is 63.3 Å². The van der Waals surface area contributed by atoms with Crippen LogP contribution < -0.4 is 5.32 Å². The zero-order valence-corrected chi connectivity index (χ0v) is 18.1. The molecular weight excluding hydrogens is 372 g/mol. The molecule has 0 atom stereocenters. The lowest BCUT2D eigenvalue weighted by Crippen LogP contribution is -2.29. The maximum Gasteiger partial charge on any atom is 0.124 e. The van der Waals surface area contributed by atoms with Gasteiger partial charge in [0, 0.05) is 26.8 Å². The average molecular weight is 407 g/mol. The molecule has 2 aromatic carbocycles. The number of rotatable bonds is 10. The number of fused-ring (bicyclic) bond motifs is 1. The summed E-state index contributed by atoms with van der Waals surface area (Å²) in [5.41, 5.74) is 5.11. The molecule has 0 bridgehead atoms. The van der Waals surface area contributed by atoms with Crippen LogP contribution in [0.2, 0.25) is 0 Å². The van der Waals surface area contributed by atoms with Crippen LogP contribution in [-0.2, 0) is 24.4 Å². The van der Waals surface area contributed by atoms with Crippen molar-refractivity contribution in [3.8, 4) is 0 Å². The van der Waals surface area contributed by atoms with Gasteiger partial charge in [-0.3, -0.25) is 4.90 Å². The second-order valence-corrected chi connectivity index (χ2v) is 8.23. The first-order chi connectivity index (χ1) is 14.8. The van der Waals surface area contributed by atoms with Crippen LogP contribution >= 0.6 is 0 Å². The highest BCUT2D eigenvalue weighted by Crippen LogP contribution is 2.21. The molecule has 3 aromatic rings. The highest BCUT2D eigenvalue weighted by atomic mass is 16.5. The Bertz CT molecular complexity index is 930. The first-order valence-corrected chi connectivity index (χ1v) is 11.3. The fourth-order valence-electron chi connectivity index (χ4n) is 4.37. The topological polar surface area (TPSA) is 42.3 Å². The number of para-hydroxylation sites is 2. The monoisotopic (exact) mass is 406 g/mol. The third-order valence-corrected chi connectivity index (χ3v) is 6.01. The van der Waals surface area contributed by atoms with Crippen LogP contribution in [0.15, 0.2) is 48.5 Å². The zero-order chi connectivity index (χ0) is 20.6. The third-order valence-electron chi connectivity index (χ3n) is 6.01. The lowest BCUT2D eigenvalue weighted by atomic mass is 10.0. The Balaban J connectivity index is 1.55. The second-order valence-electron chi connectivity index (χ2n) is 8.23. The highest BCUT2D eigenvalue weighted by molar-refractivity contribution is 5.76. The van der Waals surface area contributed by atoms with Crippen molar-refractivity contribution in [1.82, 2.24) is 19.8 Å². The minimum Gasteiger partial charge on any atom is -0.385 e. The first-order valence-electron chi connectivity index (χ1n) is 11.3. The van der Waals surface area contributed by atoms with E-state index in [0.29, 0.717) is 0 Å². The molecule has 4 rings (SSSR count). The molecule has 1 aliphatic rings. The van der Waals surface area contributed by atoms with Crippen LogP contribution in [0.4, 0.5) is 0 Å². The van der Waals surface area contributed by atoms with E-state index in [-0.39, 0.29) is 0 Å². The van der Waals surface area contributed by atoms with E-state index in [0.717, 1.165) is 50.5 Å². The van der Waals surface area contributed by atoms with Gasteiger partial charge in [0.15, 0.2) is 0 Å². The van der Waals surface area contributed by atoms with E-state index >= 15 is 0 Å². The molecule has 1 aliphatic heterocycles. The van der Waals surface area contributed by atoms with Crippen molar-refractivity contribution in [3.05, 3.63) is 65.5 Å². The fourth-order valence-corrected chi connectivity index (χ4v) is 4.37. The van der Waals surface area contributed by atoms with E-state index in [1.807, 2.05) is 0 Å². The second kappa shape index (κ2) is 10.7. The van der Waals surface area contributed by atoms with Crippen LogP contribution in [0.3, 0.4) is 0 Å². The van der Waals surface area contributed by atoms with Crippen LogP contribution in [0.25, 0.3) is 11.0 Å². The Hall–Kier alpha value is -2.21. The summed E-state index contributed by atoms with van der Waals surface area (Å²) >= 11 is 0. The predicted molar refractivity (Wildman–Crippen MR) is 123 cm³/mol. The molecule has 0 unspecified atom stereocenters. The molecule has 1 N–H and O–H groups in total. The van der Waals surface area contributed by atoms with Gasteiger partial charge in [-0.25, -0.2) is 4.98 Å². The number of likely N-dealkylation sites (tertiary alicyclic amines) is 1. The number of piperidine rings is 1. The van der Waals surface area contributed by atoms with Gasteiger partial charge < -0.3 is 14.6 Å². The Labute approximate surface area is 180 Å². The predicted octanol–water partition coefficient (Wildman–Crippen LogP) is 4.20. The summed E-state index contributed by atoms with van der Waals surface area (Å²) in [6.07, 6.45) is 5.04. The van der Waals surface area contributed by atoms with E-state index in [4.69, 9.17) is 9.72 Å². The number of nitrogens with zero attached hydrogens (tertiary/aromatic N) is 3. The Morgan fingerprint density at radius 3 is 2.47 bits per heavy atom. The fraction of sp³-hybridized carbons (Fsp3) is 0.480. The van der Waals surface area contributed by atoms with Crippen LogP contribution in [0.5, 0.6) is 0 Å². The lowest BCUT2D eigenvalue weighted by molar-refractivity contribution is 0.194. The standard InChI is InChI=1S/C25H34N4O/c1-30-17-9-14-26-18-25-27-23-12-5-6-13-24(23)29(25)20-22-11-4-3-10-21(22)19-28-15-7-2-8-16-28/h3-6,10-13,26H,2,7-9,14-20H2,1H3. The first kappa shape index (κ1) is 21.0. The number of imidazole rings is 1. The van der Waals surface area contributed by atoms with Gasteiger partial charge in [0.25, 0.3) is 0 Å². The summed E-state index contributed by atoms with van der Waals surface area (Å²) in [6.45, 7) is 6.84. The highest BCUT2D eigenvalue weighted by Gasteiger charge is 2.15. The molecule has 0 amide bonds. The van der Waals surface area contributed by atoms with Gasteiger partial charge in [-0.05, 0) is 62.2 Å². The maximum atomic E-state index is 5.16. The summed E-state index contributed by atoms with van der Waals surface area (Å²) in [5, 5.41) is 3.53. The average Bonchev–Trinajstić information content (AvgIpc) is 3.13. The smallest absolute Gasteiger partial charge is 0.124 e. The number of methoxy groups -OCH3 is 1. The van der Waals surface area contributed by atoms with Crippen molar-refractivity contribution in [3.63, 3.8) is 0 Å². The normalized spacial score (nSPS) is 15.1. The number of hydrogen-bond acceptors (Lipinski definition) is 4. The van der Waals surface area contributed by atoms with Crippen LogP contribution in [0.1, 0.15) is 42.6 Å².